The summed E-state index contributed by atoms with van der Waals surface area (Å²) in [6.45, 7) is 5.90. The third kappa shape index (κ3) is 4.11. The maximum atomic E-state index is 12.0. The van der Waals surface area contributed by atoms with E-state index in [0.29, 0.717) is 11.3 Å². The second-order valence-electron chi connectivity index (χ2n) is 6.54. The van der Waals surface area contributed by atoms with Crippen LogP contribution >= 0.6 is 0 Å². The summed E-state index contributed by atoms with van der Waals surface area (Å²) in [7, 11) is 0. The lowest BCUT2D eigenvalue weighted by atomic mass is 10.00. The Kier molecular flexibility index (Phi) is 5.07. The van der Waals surface area contributed by atoms with Crippen molar-refractivity contribution in [2.45, 2.75) is 26.7 Å². The quantitative estimate of drug-likeness (QED) is 0.698. The summed E-state index contributed by atoms with van der Waals surface area (Å²) >= 11 is 0. The molecule has 0 bridgehead atoms. The van der Waals surface area contributed by atoms with E-state index in [2.05, 4.69) is 5.32 Å². The molecule has 1 aromatic heterocycles. The van der Waals surface area contributed by atoms with Gasteiger partial charge in [0.2, 0.25) is 0 Å². The van der Waals surface area contributed by atoms with Crippen LogP contribution in [0, 0.1) is 6.92 Å². The van der Waals surface area contributed by atoms with Gasteiger partial charge in [-0.05, 0) is 42.7 Å². The molecule has 1 heterocycles. The number of carbonyl (C=O) groups is 1. The fraction of sp³-hybridized carbons (Fsp3) is 0.238. The van der Waals surface area contributed by atoms with Gasteiger partial charge in [0, 0.05) is 23.2 Å². The van der Waals surface area contributed by atoms with Gasteiger partial charge < -0.3 is 14.5 Å². The summed E-state index contributed by atoms with van der Waals surface area (Å²) in [6, 6.07) is 14.3. The molecule has 0 spiro atoms. The van der Waals surface area contributed by atoms with Crippen LogP contribution in [0.25, 0.3) is 11.0 Å². The predicted octanol–water partition coefficient (Wildman–Crippen LogP) is 4.24. The first-order valence-corrected chi connectivity index (χ1v) is 8.49. The molecule has 0 aliphatic heterocycles. The highest BCUT2D eigenvalue weighted by Gasteiger charge is 2.11. The molecule has 5 heteroatoms. The van der Waals surface area contributed by atoms with Crippen LogP contribution in [0.5, 0.6) is 5.75 Å². The van der Waals surface area contributed by atoms with Gasteiger partial charge in [-0.3, -0.25) is 4.79 Å². The zero-order valence-corrected chi connectivity index (χ0v) is 15.0. The van der Waals surface area contributed by atoms with Crippen molar-refractivity contribution in [1.29, 1.82) is 0 Å². The van der Waals surface area contributed by atoms with Crippen LogP contribution in [0.4, 0.5) is 5.69 Å². The summed E-state index contributed by atoms with van der Waals surface area (Å²) < 4.78 is 10.8. The summed E-state index contributed by atoms with van der Waals surface area (Å²) in [5.74, 6) is 0.417. The number of hydrogen-bond acceptors (Lipinski definition) is 4. The minimum absolute atomic E-state index is 0.131. The molecular formula is C21H21NO4. The first kappa shape index (κ1) is 17.7. The number of benzene rings is 2. The van der Waals surface area contributed by atoms with Gasteiger partial charge in [0.25, 0.3) is 5.91 Å². The number of hydrogen-bond donors (Lipinski definition) is 1. The van der Waals surface area contributed by atoms with Crippen molar-refractivity contribution in [2.24, 2.45) is 0 Å². The molecule has 0 saturated heterocycles. The molecule has 0 saturated carbocycles. The molecule has 0 atom stereocenters. The van der Waals surface area contributed by atoms with E-state index in [0.717, 1.165) is 22.2 Å². The molecule has 0 unspecified atom stereocenters. The van der Waals surface area contributed by atoms with Gasteiger partial charge in [-0.1, -0.05) is 31.5 Å². The van der Waals surface area contributed by atoms with E-state index >= 15 is 0 Å². The Morgan fingerprint density at radius 1 is 1.12 bits per heavy atom. The molecule has 0 radical (unpaired) electrons. The number of nitrogens with one attached hydrogen (secondary N) is 1. The molecule has 5 nitrogen and oxygen atoms in total. The first-order valence-electron chi connectivity index (χ1n) is 8.49. The standard InChI is InChI=1S/C21H21NO4/c1-13(2)18-11-21(24)26-19-10-16(8-9-17(18)19)25-12-20(23)22-15-6-4-14(3)5-7-15/h4-11,13H,12H2,1-3H3,(H,22,23). The maximum absolute atomic E-state index is 12.0. The van der Waals surface area contributed by atoms with E-state index < -0.39 is 5.63 Å². The van der Waals surface area contributed by atoms with Crippen molar-refractivity contribution < 1.29 is 13.9 Å². The molecule has 1 N–H and O–H groups in total. The largest absolute Gasteiger partial charge is 0.484 e. The molecule has 3 rings (SSSR count). The van der Waals surface area contributed by atoms with Gasteiger partial charge in [0.05, 0.1) is 0 Å². The molecule has 0 aliphatic carbocycles. The van der Waals surface area contributed by atoms with Gasteiger partial charge in [-0.15, -0.1) is 0 Å². The molecule has 0 fully saturated rings. The third-order valence-corrected chi connectivity index (χ3v) is 4.08. The number of rotatable bonds is 5. The molecular weight excluding hydrogens is 330 g/mol. The maximum Gasteiger partial charge on any atom is 0.336 e. The SMILES string of the molecule is Cc1ccc(NC(=O)COc2ccc3c(C(C)C)cc(=O)oc3c2)cc1. The van der Waals surface area contributed by atoms with E-state index in [1.165, 1.54) is 6.07 Å². The topological polar surface area (TPSA) is 68.5 Å². The van der Waals surface area contributed by atoms with Crippen molar-refractivity contribution in [3.05, 3.63) is 70.1 Å². The van der Waals surface area contributed by atoms with Crippen LogP contribution in [-0.4, -0.2) is 12.5 Å². The van der Waals surface area contributed by atoms with E-state index in [4.69, 9.17) is 9.15 Å². The number of aryl methyl sites for hydroxylation is 1. The second-order valence-corrected chi connectivity index (χ2v) is 6.54. The zero-order valence-electron chi connectivity index (χ0n) is 15.0. The van der Waals surface area contributed by atoms with Crippen molar-refractivity contribution in [1.82, 2.24) is 0 Å². The highest BCUT2D eigenvalue weighted by molar-refractivity contribution is 5.92. The Morgan fingerprint density at radius 3 is 2.54 bits per heavy atom. The van der Waals surface area contributed by atoms with Gasteiger partial charge in [0.15, 0.2) is 6.61 Å². The Bertz CT molecular complexity index is 987. The van der Waals surface area contributed by atoms with Crippen LogP contribution in [0.3, 0.4) is 0 Å². The van der Waals surface area contributed by atoms with Gasteiger partial charge in [0.1, 0.15) is 11.3 Å². The Morgan fingerprint density at radius 2 is 1.85 bits per heavy atom. The Labute approximate surface area is 151 Å². The molecule has 3 aromatic rings. The fourth-order valence-electron chi connectivity index (χ4n) is 2.72. The first-order chi connectivity index (χ1) is 12.4. The number of fused-ring (bicyclic) bond motifs is 1. The lowest BCUT2D eigenvalue weighted by molar-refractivity contribution is -0.118. The lowest BCUT2D eigenvalue weighted by Crippen LogP contribution is -2.20. The molecule has 0 aliphatic rings. The van der Waals surface area contributed by atoms with Crippen molar-refractivity contribution in [2.75, 3.05) is 11.9 Å². The number of carbonyl (C=O) groups excluding carboxylic acids is 1. The fourth-order valence-corrected chi connectivity index (χ4v) is 2.72. The minimum atomic E-state index is -0.393. The summed E-state index contributed by atoms with van der Waals surface area (Å²) in [5.41, 5.74) is 2.83. The monoisotopic (exact) mass is 351 g/mol. The van der Waals surface area contributed by atoms with Crippen molar-refractivity contribution >= 4 is 22.6 Å². The normalized spacial score (nSPS) is 10.9. The van der Waals surface area contributed by atoms with Crippen LogP contribution < -0.4 is 15.7 Å². The van der Waals surface area contributed by atoms with Crippen LogP contribution in [0.15, 0.2) is 57.7 Å². The van der Waals surface area contributed by atoms with E-state index in [1.807, 2.05) is 51.1 Å². The molecule has 2 aromatic carbocycles. The summed E-state index contributed by atoms with van der Waals surface area (Å²) in [5, 5.41) is 3.64. The average molecular weight is 351 g/mol. The summed E-state index contributed by atoms with van der Waals surface area (Å²) in [4.78, 5) is 23.8. The van der Waals surface area contributed by atoms with E-state index in [-0.39, 0.29) is 18.4 Å². The smallest absolute Gasteiger partial charge is 0.336 e. The van der Waals surface area contributed by atoms with Crippen LogP contribution in [-0.2, 0) is 4.79 Å². The van der Waals surface area contributed by atoms with Crippen molar-refractivity contribution in [3.63, 3.8) is 0 Å². The zero-order chi connectivity index (χ0) is 18.7. The molecule has 26 heavy (non-hydrogen) atoms. The highest BCUT2D eigenvalue weighted by Crippen LogP contribution is 2.27. The minimum Gasteiger partial charge on any atom is -0.484 e. The molecule has 1 amide bonds. The highest BCUT2D eigenvalue weighted by atomic mass is 16.5. The number of anilines is 1. The van der Waals surface area contributed by atoms with E-state index in [9.17, 15) is 9.59 Å². The number of ether oxygens (including phenoxy) is 1. The third-order valence-electron chi connectivity index (χ3n) is 4.08. The van der Waals surface area contributed by atoms with E-state index in [1.54, 1.807) is 12.1 Å². The molecule has 134 valence electrons. The van der Waals surface area contributed by atoms with Gasteiger partial charge in [-0.25, -0.2) is 4.79 Å². The lowest BCUT2D eigenvalue weighted by Gasteiger charge is -2.11. The Hall–Kier alpha value is -3.08. The van der Waals surface area contributed by atoms with Crippen molar-refractivity contribution in [3.8, 4) is 5.75 Å². The predicted molar refractivity (Wildman–Crippen MR) is 102 cm³/mol. The number of amides is 1. The van der Waals surface area contributed by atoms with Crippen LogP contribution in [0.1, 0.15) is 30.9 Å². The Balaban J connectivity index is 1.72. The second kappa shape index (κ2) is 7.44. The van der Waals surface area contributed by atoms with Gasteiger partial charge in [-0.2, -0.15) is 0 Å². The van der Waals surface area contributed by atoms with Gasteiger partial charge >= 0.3 is 5.63 Å². The van der Waals surface area contributed by atoms with Crippen LogP contribution in [0.2, 0.25) is 0 Å². The average Bonchev–Trinajstić information content (AvgIpc) is 2.60. The summed E-state index contributed by atoms with van der Waals surface area (Å²) in [6.07, 6.45) is 0.